The Labute approximate surface area is 119 Å². The third-order valence-corrected chi connectivity index (χ3v) is 2.99. The minimum atomic E-state index is 0.109. The van der Waals surface area contributed by atoms with E-state index in [0.29, 0.717) is 5.75 Å². The minimum Gasteiger partial charge on any atom is -0.508 e. The van der Waals surface area contributed by atoms with Crippen molar-refractivity contribution in [1.82, 2.24) is 0 Å². The lowest BCUT2D eigenvalue weighted by atomic mass is 9.87. The zero-order valence-electron chi connectivity index (χ0n) is 12.1. The highest BCUT2D eigenvalue weighted by Crippen LogP contribution is 2.24. The van der Waals surface area contributed by atoms with Gasteiger partial charge in [0, 0.05) is 6.07 Å². The predicted octanol–water partition coefficient (Wildman–Crippen LogP) is 4.11. The third kappa shape index (κ3) is 3.92. The smallest absolute Gasteiger partial charge is 0.230 e. The Morgan fingerprint density at radius 2 is 1.55 bits per heavy atom. The van der Waals surface area contributed by atoms with E-state index in [2.05, 4.69) is 32.9 Å². The van der Waals surface area contributed by atoms with Gasteiger partial charge in [0.2, 0.25) is 6.79 Å². The topological polar surface area (TPSA) is 38.7 Å². The summed E-state index contributed by atoms with van der Waals surface area (Å²) < 4.78 is 10.9. The molecule has 3 heteroatoms. The summed E-state index contributed by atoms with van der Waals surface area (Å²) in [4.78, 5) is 0. The maximum atomic E-state index is 9.32. The SMILES string of the molecule is CC(C)(C)c1ccc(OCOc2cccc(O)c2)cc1. The molecule has 0 fully saturated rings. The fourth-order valence-electron chi connectivity index (χ4n) is 1.79. The monoisotopic (exact) mass is 272 g/mol. The second kappa shape index (κ2) is 5.87. The highest BCUT2D eigenvalue weighted by atomic mass is 16.7. The van der Waals surface area contributed by atoms with E-state index >= 15 is 0 Å². The Kier molecular flexibility index (Phi) is 4.18. The zero-order chi connectivity index (χ0) is 14.6. The molecular weight excluding hydrogens is 252 g/mol. The third-order valence-electron chi connectivity index (χ3n) is 2.99. The quantitative estimate of drug-likeness (QED) is 0.851. The van der Waals surface area contributed by atoms with Gasteiger partial charge >= 0.3 is 0 Å². The molecule has 3 nitrogen and oxygen atoms in total. The first kappa shape index (κ1) is 14.3. The number of benzene rings is 2. The summed E-state index contributed by atoms with van der Waals surface area (Å²) in [5.41, 5.74) is 1.40. The van der Waals surface area contributed by atoms with Crippen molar-refractivity contribution < 1.29 is 14.6 Å². The lowest BCUT2D eigenvalue weighted by Gasteiger charge is -2.19. The molecular formula is C17H20O3. The number of ether oxygens (including phenoxy) is 2. The first-order valence-electron chi connectivity index (χ1n) is 6.60. The molecule has 2 aromatic rings. The molecule has 20 heavy (non-hydrogen) atoms. The van der Waals surface area contributed by atoms with Crippen molar-refractivity contribution >= 4 is 0 Å². The van der Waals surface area contributed by atoms with Gasteiger partial charge in [0.25, 0.3) is 0 Å². The highest BCUT2D eigenvalue weighted by molar-refractivity contribution is 5.32. The van der Waals surface area contributed by atoms with E-state index < -0.39 is 0 Å². The van der Waals surface area contributed by atoms with Crippen molar-refractivity contribution in [3.05, 3.63) is 54.1 Å². The van der Waals surface area contributed by atoms with Crippen LogP contribution in [0.1, 0.15) is 26.3 Å². The number of phenolic OH excluding ortho intramolecular Hbond substituents is 1. The van der Waals surface area contributed by atoms with Crippen LogP contribution in [0.5, 0.6) is 17.2 Å². The zero-order valence-corrected chi connectivity index (χ0v) is 12.1. The Morgan fingerprint density at radius 1 is 0.900 bits per heavy atom. The van der Waals surface area contributed by atoms with Crippen molar-refractivity contribution in [2.75, 3.05) is 6.79 Å². The van der Waals surface area contributed by atoms with E-state index in [4.69, 9.17) is 9.47 Å². The number of rotatable bonds is 4. The van der Waals surface area contributed by atoms with E-state index in [9.17, 15) is 5.11 Å². The normalized spacial score (nSPS) is 11.2. The Morgan fingerprint density at radius 3 is 2.15 bits per heavy atom. The number of hydrogen-bond donors (Lipinski definition) is 1. The molecule has 0 radical (unpaired) electrons. The maximum Gasteiger partial charge on any atom is 0.230 e. The molecule has 0 aliphatic heterocycles. The maximum absolute atomic E-state index is 9.32. The molecule has 0 atom stereocenters. The number of hydrogen-bond acceptors (Lipinski definition) is 3. The molecule has 0 aromatic heterocycles. The van der Waals surface area contributed by atoms with Gasteiger partial charge in [0.1, 0.15) is 17.2 Å². The molecule has 0 saturated heterocycles. The summed E-state index contributed by atoms with van der Waals surface area (Å²) >= 11 is 0. The lowest BCUT2D eigenvalue weighted by Crippen LogP contribution is -2.11. The number of phenols is 1. The van der Waals surface area contributed by atoms with Crippen molar-refractivity contribution in [2.45, 2.75) is 26.2 Å². The summed E-state index contributed by atoms with van der Waals surface area (Å²) in [6.07, 6.45) is 0. The predicted molar refractivity (Wildman–Crippen MR) is 79.4 cm³/mol. The van der Waals surface area contributed by atoms with Crippen molar-refractivity contribution in [1.29, 1.82) is 0 Å². The molecule has 0 heterocycles. The summed E-state index contributed by atoms with van der Waals surface area (Å²) in [5, 5.41) is 9.32. The lowest BCUT2D eigenvalue weighted by molar-refractivity contribution is 0.119. The Hall–Kier alpha value is -2.16. The van der Waals surface area contributed by atoms with Gasteiger partial charge in [-0.25, -0.2) is 0 Å². The van der Waals surface area contributed by atoms with Crippen LogP contribution in [0.2, 0.25) is 0 Å². The van der Waals surface area contributed by atoms with Crippen LogP contribution in [0, 0.1) is 0 Å². The van der Waals surface area contributed by atoms with Gasteiger partial charge in [-0.1, -0.05) is 39.0 Å². The van der Waals surface area contributed by atoms with E-state index in [1.165, 1.54) is 5.56 Å². The van der Waals surface area contributed by atoms with Crippen LogP contribution in [0.25, 0.3) is 0 Å². The molecule has 0 spiro atoms. The fourth-order valence-corrected chi connectivity index (χ4v) is 1.79. The van der Waals surface area contributed by atoms with Gasteiger partial charge in [0.15, 0.2) is 0 Å². The molecule has 0 saturated carbocycles. The molecule has 0 aliphatic carbocycles. The standard InChI is InChI=1S/C17H20O3/c1-17(2,3)13-7-9-15(10-8-13)19-12-20-16-6-4-5-14(18)11-16/h4-11,18H,12H2,1-3H3. The van der Waals surface area contributed by atoms with Crippen LogP contribution in [0.15, 0.2) is 48.5 Å². The van der Waals surface area contributed by atoms with Crippen LogP contribution < -0.4 is 9.47 Å². The molecule has 1 N–H and O–H groups in total. The fraction of sp³-hybridized carbons (Fsp3) is 0.294. The van der Waals surface area contributed by atoms with Crippen LogP contribution in [-0.2, 0) is 5.41 Å². The molecule has 0 bridgehead atoms. The van der Waals surface area contributed by atoms with Crippen molar-refractivity contribution in [3.8, 4) is 17.2 Å². The molecule has 2 rings (SSSR count). The van der Waals surface area contributed by atoms with E-state index in [0.717, 1.165) is 5.75 Å². The van der Waals surface area contributed by atoms with Gasteiger partial charge in [-0.3, -0.25) is 0 Å². The van der Waals surface area contributed by atoms with E-state index in [1.807, 2.05) is 12.1 Å². The molecule has 0 unspecified atom stereocenters. The van der Waals surface area contributed by atoms with Gasteiger partial charge in [0.05, 0.1) is 0 Å². The second-order valence-corrected chi connectivity index (χ2v) is 5.68. The average Bonchev–Trinajstić information content (AvgIpc) is 2.38. The van der Waals surface area contributed by atoms with Crippen LogP contribution in [-0.4, -0.2) is 11.9 Å². The minimum absolute atomic E-state index is 0.109. The van der Waals surface area contributed by atoms with Crippen LogP contribution in [0.3, 0.4) is 0 Å². The summed E-state index contributed by atoms with van der Waals surface area (Å²) in [6.45, 7) is 6.63. The molecule has 106 valence electrons. The molecule has 2 aromatic carbocycles. The first-order valence-corrected chi connectivity index (χ1v) is 6.60. The van der Waals surface area contributed by atoms with Gasteiger partial charge in [-0.05, 0) is 35.2 Å². The number of aromatic hydroxyl groups is 1. The summed E-state index contributed by atoms with van der Waals surface area (Å²) in [6, 6.07) is 14.6. The van der Waals surface area contributed by atoms with Gasteiger partial charge < -0.3 is 14.6 Å². The molecule has 0 aliphatic rings. The largest absolute Gasteiger partial charge is 0.508 e. The Bertz CT molecular complexity index is 553. The van der Waals surface area contributed by atoms with Gasteiger partial charge in [-0.15, -0.1) is 0 Å². The average molecular weight is 272 g/mol. The molecule has 0 amide bonds. The van der Waals surface area contributed by atoms with Crippen molar-refractivity contribution in [3.63, 3.8) is 0 Å². The summed E-state index contributed by atoms with van der Waals surface area (Å²) in [5.74, 6) is 1.52. The van der Waals surface area contributed by atoms with Crippen LogP contribution >= 0.6 is 0 Å². The second-order valence-electron chi connectivity index (χ2n) is 5.68. The van der Waals surface area contributed by atoms with Crippen LogP contribution in [0.4, 0.5) is 0 Å². The van der Waals surface area contributed by atoms with Gasteiger partial charge in [-0.2, -0.15) is 0 Å². The highest BCUT2D eigenvalue weighted by Gasteiger charge is 2.12. The first-order chi connectivity index (χ1) is 9.45. The Balaban J connectivity index is 1.88. The van der Waals surface area contributed by atoms with E-state index in [-0.39, 0.29) is 18.0 Å². The summed E-state index contributed by atoms with van der Waals surface area (Å²) in [7, 11) is 0. The van der Waals surface area contributed by atoms with Crippen molar-refractivity contribution in [2.24, 2.45) is 0 Å². The van der Waals surface area contributed by atoms with E-state index in [1.54, 1.807) is 24.3 Å².